The molecule has 1 unspecified atom stereocenters. The number of carbonyl (C=O) groups excluding carboxylic acids is 2. The van der Waals surface area contributed by atoms with Crippen LogP contribution in [0.5, 0.6) is 0 Å². The Balaban J connectivity index is 1.65. The van der Waals surface area contributed by atoms with Gasteiger partial charge in [-0.1, -0.05) is 6.07 Å². The lowest BCUT2D eigenvalue weighted by atomic mass is 10.1. The number of amides is 1. The molecule has 4 aromatic rings. The zero-order chi connectivity index (χ0) is 22.7. The van der Waals surface area contributed by atoms with E-state index >= 15 is 0 Å². The average molecular weight is 428 g/mol. The minimum absolute atomic E-state index is 0.0541. The smallest absolute Gasteiger partial charge is 0.271 e. The predicted octanol–water partition coefficient (Wildman–Crippen LogP) is 2.21. The number of carbonyl (C=O) groups is 2. The number of hydrazine groups is 1. The summed E-state index contributed by atoms with van der Waals surface area (Å²) < 4.78 is 0. The first-order valence-corrected chi connectivity index (χ1v) is 9.71. The summed E-state index contributed by atoms with van der Waals surface area (Å²) in [5.74, 6) is 5.53. The lowest BCUT2D eigenvalue weighted by molar-refractivity contribution is 0.0961. The second-order valence-corrected chi connectivity index (χ2v) is 7.01. The highest BCUT2D eigenvalue weighted by Gasteiger charge is 2.23. The van der Waals surface area contributed by atoms with Crippen molar-refractivity contribution >= 4 is 39.9 Å². The molecule has 1 aromatic carbocycles. The number of ketones is 1. The van der Waals surface area contributed by atoms with E-state index in [-0.39, 0.29) is 23.1 Å². The van der Waals surface area contributed by atoms with Crippen LogP contribution in [0.4, 0.5) is 17.3 Å². The highest BCUT2D eigenvalue weighted by atomic mass is 16.1. The molecule has 3 aromatic heterocycles. The van der Waals surface area contributed by atoms with Crippen molar-refractivity contribution in [3.63, 3.8) is 0 Å². The number of hydrogen-bond acceptors (Lipinski definition) is 9. The second kappa shape index (κ2) is 8.74. The molecule has 0 bridgehead atoms. The summed E-state index contributed by atoms with van der Waals surface area (Å²) in [6, 6.07) is 11.7. The number of anilines is 3. The van der Waals surface area contributed by atoms with Crippen LogP contribution in [0.2, 0.25) is 0 Å². The Morgan fingerprint density at radius 2 is 1.84 bits per heavy atom. The van der Waals surface area contributed by atoms with Crippen LogP contribution < -0.4 is 21.9 Å². The molecule has 3 heterocycles. The molecular formula is C22H20N8O2. The maximum atomic E-state index is 12.7. The van der Waals surface area contributed by atoms with Crippen molar-refractivity contribution in [2.75, 3.05) is 10.3 Å². The molecule has 32 heavy (non-hydrogen) atoms. The number of rotatable bonds is 7. The molecule has 160 valence electrons. The summed E-state index contributed by atoms with van der Waals surface area (Å²) in [5.41, 5.74) is 7.36. The van der Waals surface area contributed by atoms with Crippen LogP contribution in [0.3, 0.4) is 0 Å². The SMILES string of the molecule is CC(C(=O)c1ccncc1)N(N)c1cnc(C(N)=O)c(Nc2ccc3ncccc3c2)n1. The summed E-state index contributed by atoms with van der Waals surface area (Å²) in [6.45, 7) is 1.65. The summed E-state index contributed by atoms with van der Waals surface area (Å²) in [4.78, 5) is 41.4. The molecule has 5 N–H and O–H groups in total. The number of aromatic nitrogens is 4. The van der Waals surface area contributed by atoms with Gasteiger partial charge in [0.25, 0.3) is 5.91 Å². The molecule has 0 aliphatic heterocycles. The first-order valence-electron chi connectivity index (χ1n) is 9.71. The normalized spacial score (nSPS) is 11.7. The van der Waals surface area contributed by atoms with Crippen molar-refractivity contribution in [1.82, 2.24) is 19.9 Å². The van der Waals surface area contributed by atoms with Crippen LogP contribution in [0.1, 0.15) is 27.8 Å². The zero-order valence-electron chi connectivity index (χ0n) is 17.1. The molecule has 0 saturated carbocycles. The van der Waals surface area contributed by atoms with E-state index in [1.54, 1.807) is 31.3 Å². The number of nitrogens with one attached hydrogen (secondary N) is 1. The van der Waals surface area contributed by atoms with Gasteiger partial charge in [-0.05, 0) is 43.3 Å². The molecule has 0 spiro atoms. The lowest BCUT2D eigenvalue weighted by Crippen LogP contribution is -2.45. The first-order chi connectivity index (χ1) is 15.4. The topological polar surface area (TPSA) is 153 Å². The molecule has 10 nitrogen and oxygen atoms in total. The van der Waals surface area contributed by atoms with E-state index in [1.807, 2.05) is 24.3 Å². The fourth-order valence-corrected chi connectivity index (χ4v) is 3.14. The third-order valence-electron chi connectivity index (χ3n) is 4.88. The fraction of sp³-hybridized carbons (Fsp3) is 0.0909. The zero-order valence-corrected chi connectivity index (χ0v) is 17.1. The van der Waals surface area contributed by atoms with Gasteiger partial charge in [0.15, 0.2) is 23.1 Å². The standard InChI is InChI=1S/C22H20N8O2/c1-13(20(31)14-6-9-25-10-7-14)30(24)18-12-27-19(21(23)32)22(29-18)28-16-4-5-17-15(11-16)3-2-8-26-17/h2-13H,24H2,1H3,(H2,23,32)(H,28,29). The van der Waals surface area contributed by atoms with E-state index in [0.717, 1.165) is 10.9 Å². The minimum atomic E-state index is -0.751. The van der Waals surface area contributed by atoms with Gasteiger partial charge in [-0.2, -0.15) is 0 Å². The number of pyridine rings is 2. The van der Waals surface area contributed by atoms with Gasteiger partial charge in [0, 0.05) is 35.2 Å². The molecule has 0 aliphatic rings. The van der Waals surface area contributed by atoms with Gasteiger partial charge in [-0.3, -0.25) is 24.6 Å². The lowest BCUT2D eigenvalue weighted by Gasteiger charge is -2.24. The summed E-state index contributed by atoms with van der Waals surface area (Å²) in [6.07, 6.45) is 6.07. The Morgan fingerprint density at radius 3 is 2.59 bits per heavy atom. The average Bonchev–Trinajstić information content (AvgIpc) is 2.83. The second-order valence-electron chi connectivity index (χ2n) is 7.01. The van der Waals surface area contributed by atoms with Gasteiger partial charge in [0.2, 0.25) is 0 Å². The first kappa shape index (κ1) is 20.8. The van der Waals surface area contributed by atoms with Crippen molar-refractivity contribution in [3.05, 3.63) is 78.5 Å². The number of primary amides is 1. The number of nitrogens with two attached hydrogens (primary N) is 2. The summed E-state index contributed by atoms with van der Waals surface area (Å²) in [7, 11) is 0. The maximum Gasteiger partial charge on any atom is 0.271 e. The third kappa shape index (κ3) is 4.20. The maximum absolute atomic E-state index is 12.7. The largest absolute Gasteiger partial charge is 0.364 e. The van der Waals surface area contributed by atoms with E-state index in [9.17, 15) is 9.59 Å². The van der Waals surface area contributed by atoms with E-state index < -0.39 is 11.9 Å². The Morgan fingerprint density at radius 1 is 1.06 bits per heavy atom. The molecule has 1 atom stereocenters. The molecule has 0 saturated heterocycles. The summed E-state index contributed by atoms with van der Waals surface area (Å²) in [5, 5.41) is 5.16. The number of nitrogens with zero attached hydrogens (tertiary/aromatic N) is 5. The number of hydrogen-bond donors (Lipinski definition) is 3. The Labute approximate surface area is 183 Å². The van der Waals surface area contributed by atoms with E-state index in [2.05, 4.69) is 25.3 Å². The van der Waals surface area contributed by atoms with Crippen LogP contribution in [-0.4, -0.2) is 37.7 Å². The van der Waals surface area contributed by atoms with E-state index in [1.165, 1.54) is 23.6 Å². The number of Topliss-reactive ketones (excluding diaryl/α,β-unsaturated/α-hetero) is 1. The monoisotopic (exact) mass is 428 g/mol. The van der Waals surface area contributed by atoms with Crippen LogP contribution in [-0.2, 0) is 0 Å². The van der Waals surface area contributed by atoms with Crippen LogP contribution in [0.15, 0.2) is 67.3 Å². The third-order valence-corrected chi connectivity index (χ3v) is 4.88. The van der Waals surface area contributed by atoms with Gasteiger partial charge in [-0.15, -0.1) is 0 Å². The van der Waals surface area contributed by atoms with Crippen LogP contribution in [0.25, 0.3) is 10.9 Å². The highest BCUT2D eigenvalue weighted by Crippen LogP contribution is 2.24. The highest BCUT2D eigenvalue weighted by molar-refractivity contribution is 6.01. The number of benzene rings is 1. The van der Waals surface area contributed by atoms with Crippen molar-refractivity contribution in [2.45, 2.75) is 13.0 Å². The van der Waals surface area contributed by atoms with Gasteiger partial charge < -0.3 is 11.1 Å². The summed E-state index contributed by atoms with van der Waals surface area (Å²) >= 11 is 0. The quantitative estimate of drug-likeness (QED) is 0.228. The molecule has 0 aliphatic carbocycles. The molecular weight excluding hydrogens is 408 g/mol. The molecule has 10 heteroatoms. The molecule has 0 radical (unpaired) electrons. The Bertz CT molecular complexity index is 1300. The van der Waals surface area contributed by atoms with Crippen molar-refractivity contribution in [2.24, 2.45) is 11.6 Å². The van der Waals surface area contributed by atoms with Crippen LogP contribution in [0, 0.1) is 0 Å². The molecule has 1 amide bonds. The minimum Gasteiger partial charge on any atom is -0.364 e. The van der Waals surface area contributed by atoms with Gasteiger partial charge in [0.1, 0.15) is 6.04 Å². The van der Waals surface area contributed by atoms with E-state index in [4.69, 9.17) is 11.6 Å². The predicted molar refractivity (Wildman–Crippen MR) is 120 cm³/mol. The fourth-order valence-electron chi connectivity index (χ4n) is 3.14. The van der Waals surface area contributed by atoms with Crippen molar-refractivity contribution < 1.29 is 9.59 Å². The van der Waals surface area contributed by atoms with Gasteiger partial charge >= 0.3 is 0 Å². The van der Waals surface area contributed by atoms with Gasteiger partial charge in [-0.25, -0.2) is 15.8 Å². The van der Waals surface area contributed by atoms with E-state index in [0.29, 0.717) is 11.3 Å². The van der Waals surface area contributed by atoms with Crippen molar-refractivity contribution in [3.8, 4) is 0 Å². The van der Waals surface area contributed by atoms with Crippen LogP contribution >= 0.6 is 0 Å². The van der Waals surface area contributed by atoms with Gasteiger partial charge in [0.05, 0.1) is 11.7 Å². The molecule has 4 rings (SSSR count). The van der Waals surface area contributed by atoms with Crippen molar-refractivity contribution in [1.29, 1.82) is 0 Å². The molecule has 0 fully saturated rings. The Kier molecular flexibility index (Phi) is 5.69. The number of fused-ring (bicyclic) bond motifs is 1. The Hall–Kier alpha value is -4.44.